The number of primary amides is 1. The molecule has 0 aromatic heterocycles. The van der Waals surface area contributed by atoms with Crippen molar-refractivity contribution in [3.05, 3.63) is 29.8 Å². The number of benzene rings is 1. The normalized spacial score (nSPS) is 16.6. The Morgan fingerprint density at radius 1 is 1.36 bits per heavy atom. The third-order valence-electron chi connectivity index (χ3n) is 4.20. The van der Waals surface area contributed by atoms with Crippen LogP contribution in [0.2, 0.25) is 0 Å². The number of ketones is 1. The van der Waals surface area contributed by atoms with Gasteiger partial charge < -0.3 is 16.4 Å². The van der Waals surface area contributed by atoms with Gasteiger partial charge in [-0.15, -0.1) is 0 Å². The first kappa shape index (κ1) is 16.2. The average Bonchev–Trinajstić information content (AvgIpc) is 3.31. The molecule has 118 valence electrons. The van der Waals surface area contributed by atoms with E-state index in [2.05, 4.69) is 0 Å². The maximum atomic E-state index is 12.4. The highest BCUT2D eigenvalue weighted by atomic mass is 16.2. The summed E-state index contributed by atoms with van der Waals surface area (Å²) in [5, 5.41) is 0. The van der Waals surface area contributed by atoms with E-state index in [4.69, 9.17) is 11.5 Å². The molecular formula is C16H21N3O3. The van der Waals surface area contributed by atoms with E-state index in [1.807, 2.05) is 6.07 Å². The molecule has 0 bridgehead atoms. The number of carbonyl (C=O) groups excluding carboxylic acids is 3. The first-order valence-electron chi connectivity index (χ1n) is 7.31. The Hall–Kier alpha value is -2.21. The average molecular weight is 303 g/mol. The van der Waals surface area contributed by atoms with Crippen LogP contribution in [0.15, 0.2) is 24.3 Å². The Balaban J connectivity index is 2.48. The quantitative estimate of drug-likeness (QED) is 0.545. The maximum absolute atomic E-state index is 12.4. The van der Waals surface area contributed by atoms with Crippen molar-refractivity contribution >= 4 is 23.8 Å². The molecule has 22 heavy (non-hydrogen) atoms. The predicted octanol–water partition coefficient (Wildman–Crippen LogP) is 0.721. The highest BCUT2D eigenvalue weighted by molar-refractivity contribution is 6.40. The first-order chi connectivity index (χ1) is 10.4. The van der Waals surface area contributed by atoms with E-state index in [1.165, 1.54) is 4.90 Å². The summed E-state index contributed by atoms with van der Waals surface area (Å²) in [6.07, 6.45) is 2.99. The Labute approximate surface area is 129 Å². The zero-order valence-corrected chi connectivity index (χ0v) is 12.6. The molecule has 1 aliphatic rings. The third-order valence-corrected chi connectivity index (χ3v) is 4.20. The van der Waals surface area contributed by atoms with Crippen LogP contribution >= 0.6 is 0 Å². The largest absolute Gasteiger partial charge is 0.363 e. The lowest BCUT2D eigenvalue weighted by Gasteiger charge is -2.37. The van der Waals surface area contributed by atoms with Crippen molar-refractivity contribution in [2.45, 2.75) is 38.3 Å². The summed E-state index contributed by atoms with van der Waals surface area (Å²) in [6.45, 7) is 1.82. The molecule has 1 fully saturated rings. The highest BCUT2D eigenvalue weighted by Gasteiger charge is 2.46. The van der Waals surface area contributed by atoms with Gasteiger partial charge in [-0.2, -0.15) is 0 Å². The predicted molar refractivity (Wildman–Crippen MR) is 82.8 cm³/mol. The van der Waals surface area contributed by atoms with Gasteiger partial charge in [0.05, 0.1) is 0 Å². The lowest BCUT2D eigenvalue weighted by atomic mass is 9.86. The number of nitrogens with two attached hydrogens (primary N) is 2. The topological polar surface area (TPSA) is 106 Å². The number of para-hydroxylation sites is 1. The summed E-state index contributed by atoms with van der Waals surface area (Å²) in [4.78, 5) is 36.9. The fraction of sp³-hybridized carbons (Fsp3) is 0.438. The second kappa shape index (κ2) is 6.27. The number of anilines is 1. The van der Waals surface area contributed by atoms with Gasteiger partial charge in [0, 0.05) is 12.2 Å². The van der Waals surface area contributed by atoms with Crippen molar-refractivity contribution in [3.8, 4) is 0 Å². The van der Waals surface area contributed by atoms with E-state index < -0.39 is 17.2 Å². The molecule has 1 aromatic rings. The van der Waals surface area contributed by atoms with Crippen LogP contribution in [0.3, 0.4) is 0 Å². The van der Waals surface area contributed by atoms with Crippen LogP contribution in [0.4, 0.5) is 5.69 Å². The van der Waals surface area contributed by atoms with Crippen molar-refractivity contribution in [2.24, 2.45) is 17.4 Å². The Bertz CT molecular complexity index is 598. The van der Waals surface area contributed by atoms with Gasteiger partial charge in [0.2, 0.25) is 12.2 Å². The van der Waals surface area contributed by atoms with Crippen LogP contribution in [0.5, 0.6) is 0 Å². The summed E-state index contributed by atoms with van der Waals surface area (Å²) >= 11 is 0. The smallest absolute Gasteiger partial charge is 0.287 e. The number of Topliss-reactive ketones (excluding diaryl/α,β-unsaturated/α-hetero) is 1. The number of amides is 2. The van der Waals surface area contributed by atoms with E-state index in [0.717, 1.165) is 18.4 Å². The highest BCUT2D eigenvalue weighted by Crippen LogP contribution is 2.40. The molecule has 0 spiro atoms. The van der Waals surface area contributed by atoms with Crippen molar-refractivity contribution in [3.63, 3.8) is 0 Å². The van der Waals surface area contributed by atoms with Crippen molar-refractivity contribution in [2.75, 3.05) is 4.90 Å². The molecule has 6 nitrogen and oxygen atoms in total. The zero-order chi connectivity index (χ0) is 16.3. The number of rotatable bonds is 8. The standard InChI is InChI=1S/C16H21N3O3/c1-16(8-11-6-7-11,14(21)15(18)22)19(10-20)13-5-3-2-4-12(13)9-17/h2-5,10-11H,6-9,17H2,1H3,(H2,18,22). The summed E-state index contributed by atoms with van der Waals surface area (Å²) in [7, 11) is 0. The van der Waals surface area contributed by atoms with E-state index in [1.54, 1.807) is 25.1 Å². The van der Waals surface area contributed by atoms with Crippen LogP contribution in [0.1, 0.15) is 31.7 Å². The lowest BCUT2D eigenvalue weighted by molar-refractivity contribution is -0.139. The van der Waals surface area contributed by atoms with E-state index in [9.17, 15) is 14.4 Å². The molecule has 1 aliphatic carbocycles. The third kappa shape index (κ3) is 3.01. The van der Waals surface area contributed by atoms with Crippen molar-refractivity contribution < 1.29 is 14.4 Å². The maximum Gasteiger partial charge on any atom is 0.287 e. The zero-order valence-electron chi connectivity index (χ0n) is 12.6. The Kier molecular flexibility index (Phi) is 4.61. The Morgan fingerprint density at radius 3 is 2.50 bits per heavy atom. The van der Waals surface area contributed by atoms with Gasteiger partial charge in [0.25, 0.3) is 5.91 Å². The minimum atomic E-state index is -1.28. The minimum absolute atomic E-state index is 0.227. The van der Waals surface area contributed by atoms with Gasteiger partial charge in [-0.3, -0.25) is 14.4 Å². The van der Waals surface area contributed by atoms with Crippen molar-refractivity contribution in [1.82, 2.24) is 0 Å². The van der Waals surface area contributed by atoms with Crippen LogP contribution < -0.4 is 16.4 Å². The van der Waals surface area contributed by atoms with Crippen LogP contribution in [-0.4, -0.2) is 23.6 Å². The van der Waals surface area contributed by atoms with Gasteiger partial charge in [-0.1, -0.05) is 31.0 Å². The Morgan fingerprint density at radius 2 is 2.00 bits per heavy atom. The molecule has 0 radical (unpaired) electrons. The molecule has 1 atom stereocenters. The summed E-state index contributed by atoms with van der Waals surface area (Å²) in [5.41, 5.74) is 10.9. The second-order valence-electron chi connectivity index (χ2n) is 5.92. The van der Waals surface area contributed by atoms with Crippen molar-refractivity contribution in [1.29, 1.82) is 0 Å². The van der Waals surface area contributed by atoms with E-state index in [-0.39, 0.29) is 6.54 Å². The molecule has 1 aromatic carbocycles. The molecule has 2 amide bonds. The molecule has 4 N–H and O–H groups in total. The monoisotopic (exact) mass is 303 g/mol. The van der Waals surface area contributed by atoms with Crippen LogP contribution in [-0.2, 0) is 20.9 Å². The molecule has 0 saturated heterocycles. The molecule has 2 rings (SSSR count). The number of nitrogens with zero attached hydrogens (tertiary/aromatic N) is 1. The number of carbonyl (C=O) groups is 3. The fourth-order valence-electron chi connectivity index (χ4n) is 2.81. The molecular weight excluding hydrogens is 282 g/mol. The van der Waals surface area contributed by atoms with Gasteiger partial charge in [0.15, 0.2) is 0 Å². The number of hydrogen-bond acceptors (Lipinski definition) is 4. The molecule has 6 heteroatoms. The van der Waals surface area contributed by atoms with Gasteiger partial charge >= 0.3 is 0 Å². The lowest BCUT2D eigenvalue weighted by Crippen LogP contribution is -2.56. The first-order valence-corrected chi connectivity index (χ1v) is 7.31. The molecule has 0 aliphatic heterocycles. The van der Waals surface area contributed by atoms with E-state index in [0.29, 0.717) is 24.4 Å². The summed E-state index contributed by atoms with van der Waals surface area (Å²) in [5.74, 6) is -1.45. The summed E-state index contributed by atoms with van der Waals surface area (Å²) < 4.78 is 0. The molecule has 1 unspecified atom stereocenters. The SMILES string of the molecule is CC(CC1CC1)(C(=O)C(N)=O)N(C=O)c1ccccc1CN. The van der Waals surface area contributed by atoms with Gasteiger partial charge in [-0.05, 0) is 30.9 Å². The van der Waals surface area contributed by atoms with Crippen LogP contribution in [0, 0.1) is 5.92 Å². The second-order valence-corrected chi connectivity index (χ2v) is 5.92. The summed E-state index contributed by atoms with van der Waals surface area (Å²) in [6, 6.07) is 7.08. The molecule has 1 saturated carbocycles. The molecule has 0 heterocycles. The fourth-order valence-corrected chi connectivity index (χ4v) is 2.81. The van der Waals surface area contributed by atoms with E-state index >= 15 is 0 Å². The van der Waals surface area contributed by atoms with Crippen LogP contribution in [0.25, 0.3) is 0 Å². The van der Waals surface area contributed by atoms with Gasteiger partial charge in [-0.25, -0.2) is 0 Å². The number of hydrogen-bond donors (Lipinski definition) is 2. The van der Waals surface area contributed by atoms with Gasteiger partial charge in [0.1, 0.15) is 5.54 Å². The minimum Gasteiger partial charge on any atom is -0.363 e.